The molecule has 0 N–H and O–H groups in total. The van der Waals surface area contributed by atoms with E-state index in [4.69, 9.17) is 4.99 Å². The van der Waals surface area contributed by atoms with Crippen molar-refractivity contribution in [2.45, 2.75) is 72.6 Å². The molecule has 1 aliphatic heterocycles. The van der Waals surface area contributed by atoms with E-state index in [2.05, 4.69) is 58.1 Å². The number of halogens is 1. The summed E-state index contributed by atoms with van der Waals surface area (Å²) in [7, 11) is 0. The van der Waals surface area contributed by atoms with Gasteiger partial charge in [0, 0.05) is 17.3 Å². The Morgan fingerprint density at radius 3 is 2.22 bits per heavy atom. The summed E-state index contributed by atoms with van der Waals surface area (Å²) in [6.45, 7) is 18.7. The van der Waals surface area contributed by atoms with E-state index >= 15 is 0 Å². The first-order valence-electron chi connectivity index (χ1n) is 8.04. The Balaban J connectivity index is 2.57. The predicted molar refractivity (Wildman–Crippen MR) is 92.4 cm³/mol. The highest BCUT2D eigenvalue weighted by Gasteiger charge is 2.38. The molecule has 1 radical (unpaired) electrons. The molecule has 0 saturated heterocycles. The maximum atomic E-state index is 14.3. The van der Waals surface area contributed by atoms with Crippen LogP contribution in [-0.4, -0.2) is 37.9 Å². The number of aliphatic imine (C=N–C) groups is 1. The summed E-state index contributed by atoms with van der Waals surface area (Å²) in [4.78, 5) is 12.9. The number of pyridine rings is 1. The van der Waals surface area contributed by atoms with Gasteiger partial charge in [-0.05, 0) is 67.0 Å². The molecule has 23 heavy (non-hydrogen) atoms. The SMILES string of the molecule is Cc1cnc(F)c(C2=NC(C)N(C(C)(C)C)[CH]N2C(C)(C)C)c1. The molecule has 2 rings (SSSR count). The highest BCUT2D eigenvalue weighted by molar-refractivity contribution is 6.00. The van der Waals surface area contributed by atoms with Crippen LogP contribution in [-0.2, 0) is 0 Å². The highest BCUT2D eigenvalue weighted by atomic mass is 19.1. The zero-order valence-electron chi connectivity index (χ0n) is 15.5. The van der Waals surface area contributed by atoms with Crippen LogP contribution >= 0.6 is 0 Å². The number of hydrogen-bond donors (Lipinski definition) is 0. The lowest BCUT2D eigenvalue weighted by Gasteiger charge is -2.49. The van der Waals surface area contributed by atoms with Crippen LogP contribution in [0.25, 0.3) is 0 Å². The van der Waals surface area contributed by atoms with Gasteiger partial charge in [-0.15, -0.1) is 0 Å². The van der Waals surface area contributed by atoms with Gasteiger partial charge in [0.25, 0.3) is 0 Å². The molecule has 0 saturated carbocycles. The van der Waals surface area contributed by atoms with Gasteiger partial charge in [-0.25, -0.2) is 9.98 Å². The molecule has 0 aromatic carbocycles. The maximum Gasteiger partial charge on any atom is 0.223 e. The highest BCUT2D eigenvalue weighted by Crippen LogP contribution is 2.31. The zero-order chi connectivity index (χ0) is 17.6. The van der Waals surface area contributed by atoms with Crippen molar-refractivity contribution < 1.29 is 4.39 Å². The second-order valence-electron chi connectivity index (χ2n) is 8.17. The fourth-order valence-electron chi connectivity index (χ4n) is 2.71. The van der Waals surface area contributed by atoms with Gasteiger partial charge in [0.15, 0.2) is 0 Å². The molecular weight excluding hydrogens is 291 g/mol. The molecule has 5 heteroatoms. The van der Waals surface area contributed by atoms with Gasteiger partial charge >= 0.3 is 0 Å². The van der Waals surface area contributed by atoms with Crippen LogP contribution in [0.2, 0.25) is 0 Å². The first-order valence-corrected chi connectivity index (χ1v) is 8.04. The second-order valence-corrected chi connectivity index (χ2v) is 8.17. The van der Waals surface area contributed by atoms with Crippen LogP contribution < -0.4 is 0 Å². The minimum atomic E-state index is -0.478. The molecule has 0 bridgehead atoms. The molecule has 0 fully saturated rings. The molecule has 1 aromatic rings. The van der Waals surface area contributed by atoms with Crippen LogP contribution in [0, 0.1) is 19.5 Å². The molecule has 1 aliphatic rings. The van der Waals surface area contributed by atoms with Crippen molar-refractivity contribution in [1.82, 2.24) is 14.8 Å². The number of rotatable bonds is 1. The number of nitrogens with zero attached hydrogens (tertiary/aromatic N) is 4. The number of amidine groups is 1. The van der Waals surface area contributed by atoms with E-state index in [-0.39, 0.29) is 17.2 Å². The Morgan fingerprint density at radius 2 is 1.70 bits per heavy atom. The van der Waals surface area contributed by atoms with Crippen molar-refractivity contribution in [1.29, 1.82) is 0 Å². The maximum absolute atomic E-state index is 14.3. The summed E-state index contributed by atoms with van der Waals surface area (Å²) in [5, 5.41) is 0. The minimum absolute atomic E-state index is 0.0662. The molecule has 1 unspecified atom stereocenters. The summed E-state index contributed by atoms with van der Waals surface area (Å²) in [6.07, 6.45) is 1.47. The van der Waals surface area contributed by atoms with E-state index in [9.17, 15) is 4.39 Å². The first-order chi connectivity index (χ1) is 10.4. The van der Waals surface area contributed by atoms with Gasteiger partial charge in [0.05, 0.1) is 5.56 Å². The number of aromatic nitrogens is 1. The third-order valence-electron chi connectivity index (χ3n) is 3.89. The summed E-state index contributed by atoms with van der Waals surface area (Å²) in [5.74, 6) is 0.160. The standard InChI is InChI=1S/C18H28FN4/c1-12-9-14(15(19)20-10-12)16-21-13(2)22(17(3,4)5)11-23(16)18(6,7)8/h9-11,13H,1-8H3. The minimum Gasteiger partial charge on any atom is -0.332 e. The van der Waals surface area contributed by atoms with E-state index in [0.29, 0.717) is 11.4 Å². The van der Waals surface area contributed by atoms with Gasteiger partial charge < -0.3 is 4.90 Å². The Bertz CT molecular complexity index is 610. The molecule has 0 amide bonds. The number of hydrogen-bond acceptors (Lipinski definition) is 4. The summed E-state index contributed by atoms with van der Waals surface area (Å²) >= 11 is 0. The van der Waals surface area contributed by atoms with Gasteiger partial charge in [0.2, 0.25) is 5.95 Å². The molecule has 0 aliphatic carbocycles. The third-order valence-corrected chi connectivity index (χ3v) is 3.89. The van der Waals surface area contributed by atoms with Crippen molar-refractivity contribution in [2.75, 3.05) is 0 Å². The zero-order valence-corrected chi connectivity index (χ0v) is 15.5. The monoisotopic (exact) mass is 319 g/mol. The lowest BCUT2D eigenvalue weighted by molar-refractivity contribution is 0.0598. The van der Waals surface area contributed by atoms with Crippen LogP contribution in [0.1, 0.15) is 59.6 Å². The van der Waals surface area contributed by atoms with Crippen molar-refractivity contribution in [2.24, 2.45) is 4.99 Å². The Morgan fingerprint density at radius 1 is 1.09 bits per heavy atom. The third kappa shape index (κ3) is 3.71. The Labute approximate surface area is 139 Å². The molecule has 1 aromatic heterocycles. The van der Waals surface area contributed by atoms with Gasteiger partial charge in [-0.1, -0.05) is 0 Å². The van der Waals surface area contributed by atoms with E-state index in [1.165, 1.54) is 6.20 Å². The van der Waals surface area contributed by atoms with Crippen molar-refractivity contribution in [3.8, 4) is 0 Å². The quantitative estimate of drug-likeness (QED) is 0.734. The average molecular weight is 319 g/mol. The van der Waals surface area contributed by atoms with Gasteiger partial charge in [-0.2, -0.15) is 4.39 Å². The fourth-order valence-corrected chi connectivity index (χ4v) is 2.71. The normalized spacial score (nSPS) is 20.7. The topological polar surface area (TPSA) is 31.7 Å². The molecule has 1 atom stereocenters. The van der Waals surface area contributed by atoms with Crippen LogP contribution in [0.15, 0.2) is 17.3 Å². The van der Waals surface area contributed by atoms with E-state index in [0.717, 1.165) is 5.56 Å². The summed E-state index contributed by atoms with van der Waals surface area (Å²) in [5.41, 5.74) is 1.08. The van der Waals surface area contributed by atoms with Crippen molar-refractivity contribution >= 4 is 5.84 Å². The largest absolute Gasteiger partial charge is 0.332 e. The molecule has 127 valence electrons. The molecule has 4 nitrogen and oxygen atoms in total. The second kappa shape index (κ2) is 5.86. The smallest absolute Gasteiger partial charge is 0.223 e. The van der Waals surface area contributed by atoms with Crippen LogP contribution in [0.3, 0.4) is 0 Å². The van der Waals surface area contributed by atoms with Crippen molar-refractivity contribution in [3.05, 3.63) is 36.0 Å². The molecule has 2 heterocycles. The molecular formula is C18H28FN4. The Kier molecular flexibility index (Phi) is 4.55. The van der Waals surface area contributed by atoms with Crippen LogP contribution in [0.5, 0.6) is 0 Å². The first kappa shape index (κ1) is 17.9. The van der Waals surface area contributed by atoms with Gasteiger partial charge in [-0.3, -0.25) is 4.90 Å². The van der Waals surface area contributed by atoms with Crippen molar-refractivity contribution in [3.63, 3.8) is 0 Å². The van der Waals surface area contributed by atoms with E-state index < -0.39 is 5.95 Å². The Hall–Kier alpha value is -1.49. The van der Waals surface area contributed by atoms with Gasteiger partial charge in [0.1, 0.15) is 18.7 Å². The molecule has 0 spiro atoms. The average Bonchev–Trinajstić information content (AvgIpc) is 2.38. The summed E-state index contributed by atoms with van der Waals surface area (Å²) in [6, 6.07) is 1.81. The lowest BCUT2D eigenvalue weighted by atomic mass is 10.0. The van der Waals surface area contributed by atoms with E-state index in [1.54, 1.807) is 0 Å². The van der Waals surface area contributed by atoms with Crippen LogP contribution in [0.4, 0.5) is 4.39 Å². The lowest BCUT2D eigenvalue weighted by Crippen LogP contribution is -2.58. The van der Waals surface area contributed by atoms with E-state index in [1.807, 2.05) is 24.8 Å². The number of aryl methyl sites for hydroxylation is 1. The predicted octanol–water partition coefficient (Wildman–Crippen LogP) is 3.96. The summed E-state index contributed by atoms with van der Waals surface area (Å²) < 4.78 is 14.3. The fraction of sp³-hybridized carbons (Fsp3) is 0.611.